The second kappa shape index (κ2) is 7.06. The van der Waals surface area contributed by atoms with E-state index in [0.717, 1.165) is 15.9 Å². The average molecular weight is 404 g/mol. The maximum atomic E-state index is 12.3. The summed E-state index contributed by atoms with van der Waals surface area (Å²) in [6, 6.07) is 9.28. The molecule has 0 spiro atoms. The van der Waals surface area contributed by atoms with E-state index in [-0.39, 0.29) is 5.91 Å². The van der Waals surface area contributed by atoms with E-state index >= 15 is 0 Å². The minimum Gasteiger partial charge on any atom is -0.321 e. The van der Waals surface area contributed by atoms with Gasteiger partial charge in [0.15, 0.2) is 5.13 Å². The van der Waals surface area contributed by atoms with E-state index in [0.29, 0.717) is 22.5 Å². The van der Waals surface area contributed by atoms with Crippen LogP contribution in [-0.2, 0) is 0 Å². The first-order chi connectivity index (χ1) is 11.5. The number of hydrogen-bond acceptors (Lipinski definition) is 6. The molecule has 3 rings (SSSR count). The number of rotatable bonds is 4. The van der Waals surface area contributed by atoms with E-state index < -0.39 is 0 Å². The summed E-state index contributed by atoms with van der Waals surface area (Å²) in [6.45, 7) is 3.80. The summed E-state index contributed by atoms with van der Waals surface area (Å²) in [5.41, 5.74) is 2.78. The Morgan fingerprint density at radius 3 is 2.58 bits per heavy atom. The molecule has 122 valence electrons. The number of hydrogen-bond donors (Lipinski definition) is 2. The Bertz CT molecular complexity index is 875. The van der Waals surface area contributed by atoms with Crippen LogP contribution in [0.3, 0.4) is 0 Å². The summed E-state index contributed by atoms with van der Waals surface area (Å²) in [4.78, 5) is 25.1. The number of benzene rings is 1. The molecule has 0 saturated heterocycles. The molecule has 0 bridgehead atoms. The van der Waals surface area contributed by atoms with Gasteiger partial charge in [0.05, 0.1) is 0 Å². The lowest BCUT2D eigenvalue weighted by molar-refractivity contribution is 0.102. The van der Waals surface area contributed by atoms with Crippen LogP contribution in [0.4, 0.5) is 16.8 Å². The van der Waals surface area contributed by atoms with Crippen molar-refractivity contribution in [2.75, 3.05) is 10.6 Å². The molecule has 0 fully saturated rings. The molecule has 0 aliphatic rings. The number of aromatic nitrogens is 3. The topological polar surface area (TPSA) is 79.8 Å². The summed E-state index contributed by atoms with van der Waals surface area (Å²) >= 11 is 4.70. The van der Waals surface area contributed by atoms with Gasteiger partial charge in [0, 0.05) is 26.9 Å². The molecular weight excluding hydrogens is 390 g/mol. The molecule has 3 aromatic rings. The van der Waals surface area contributed by atoms with Crippen LogP contribution in [0, 0.1) is 13.8 Å². The van der Waals surface area contributed by atoms with Crippen LogP contribution in [-0.4, -0.2) is 20.9 Å². The highest BCUT2D eigenvalue weighted by molar-refractivity contribution is 9.10. The van der Waals surface area contributed by atoms with Crippen molar-refractivity contribution in [3.05, 3.63) is 57.3 Å². The summed E-state index contributed by atoms with van der Waals surface area (Å²) in [7, 11) is 0. The molecule has 0 saturated carbocycles. The Morgan fingerprint density at radius 2 is 1.88 bits per heavy atom. The number of aryl methyl sites for hydroxylation is 2. The lowest BCUT2D eigenvalue weighted by Gasteiger charge is -2.04. The van der Waals surface area contributed by atoms with Crippen LogP contribution in [0.15, 0.2) is 40.2 Å². The molecule has 8 heteroatoms. The van der Waals surface area contributed by atoms with Crippen LogP contribution in [0.25, 0.3) is 0 Å². The molecule has 0 unspecified atom stereocenters. The molecular formula is C16H14BrN5OS. The van der Waals surface area contributed by atoms with Gasteiger partial charge >= 0.3 is 0 Å². The van der Waals surface area contributed by atoms with Crippen molar-refractivity contribution in [1.82, 2.24) is 15.0 Å². The number of nitrogens with zero attached hydrogens (tertiary/aromatic N) is 3. The predicted octanol–water partition coefficient (Wildman–Crippen LogP) is 4.31. The Hall–Kier alpha value is -2.32. The Morgan fingerprint density at radius 1 is 1.12 bits per heavy atom. The molecule has 0 aliphatic carbocycles. The molecule has 24 heavy (non-hydrogen) atoms. The number of anilines is 3. The Labute approximate surface area is 151 Å². The highest BCUT2D eigenvalue weighted by Gasteiger charge is 2.12. The monoisotopic (exact) mass is 403 g/mol. The number of halogens is 1. The summed E-state index contributed by atoms with van der Waals surface area (Å²) in [6.07, 6.45) is 0. The van der Waals surface area contributed by atoms with E-state index in [1.807, 2.05) is 44.2 Å². The van der Waals surface area contributed by atoms with E-state index in [9.17, 15) is 4.79 Å². The zero-order chi connectivity index (χ0) is 17.1. The predicted molar refractivity (Wildman–Crippen MR) is 99.0 cm³/mol. The Kier molecular flexibility index (Phi) is 4.86. The van der Waals surface area contributed by atoms with Crippen molar-refractivity contribution >= 4 is 49.9 Å². The van der Waals surface area contributed by atoms with E-state index in [1.54, 1.807) is 5.38 Å². The van der Waals surface area contributed by atoms with Gasteiger partial charge in [-0.1, -0.05) is 22.0 Å². The SMILES string of the molecule is Cc1cc(C)nc(Nc2nc(C(=O)Nc3cccc(Br)c3)cs2)n1. The van der Waals surface area contributed by atoms with Crippen molar-refractivity contribution in [3.8, 4) is 0 Å². The Balaban J connectivity index is 1.71. The van der Waals surface area contributed by atoms with Crippen molar-refractivity contribution in [2.45, 2.75) is 13.8 Å². The van der Waals surface area contributed by atoms with Gasteiger partial charge in [-0.2, -0.15) is 0 Å². The van der Waals surface area contributed by atoms with Crippen molar-refractivity contribution in [2.24, 2.45) is 0 Å². The van der Waals surface area contributed by atoms with Crippen molar-refractivity contribution in [3.63, 3.8) is 0 Å². The molecule has 1 aromatic carbocycles. The largest absolute Gasteiger partial charge is 0.321 e. The number of carbonyl (C=O) groups is 1. The summed E-state index contributed by atoms with van der Waals surface area (Å²) in [5, 5.41) is 8.10. The number of nitrogens with one attached hydrogen (secondary N) is 2. The third-order valence-corrected chi connectivity index (χ3v) is 4.27. The zero-order valence-electron chi connectivity index (χ0n) is 13.0. The highest BCUT2D eigenvalue weighted by atomic mass is 79.9. The maximum absolute atomic E-state index is 12.3. The van der Waals surface area contributed by atoms with E-state index in [4.69, 9.17) is 0 Å². The quantitative estimate of drug-likeness (QED) is 0.678. The molecule has 6 nitrogen and oxygen atoms in total. The minimum absolute atomic E-state index is 0.265. The van der Waals surface area contributed by atoms with Crippen LogP contribution < -0.4 is 10.6 Å². The van der Waals surface area contributed by atoms with Gasteiger partial charge in [0.1, 0.15) is 5.69 Å². The van der Waals surface area contributed by atoms with Gasteiger partial charge in [-0.15, -0.1) is 11.3 Å². The molecule has 1 amide bonds. The standard InChI is InChI=1S/C16H14BrN5OS/c1-9-6-10(2)19-15(18-9)22-16-21-13(8-24-16)14(23)20-12-5-3-4-11(17)7-12/h3-8H,1-2H3,(H,20,23)(H,18,19,21,22). The summed E-state index contributed by atoms with van der Waals surface area (Å²) in [5.74, 6) is 0.208. The smallest absolute Gasteiger partial charge is 0.275 e. The highest BCUT2D eigenvalue weighted by Crippen LogP contribution is 2.21. The number of thiazole rings is 1. The second-order valence-corrected chi connectivity index (χ2v) is 6.88. The van der Waals surface area contributed by atoms with Gasteiger partial charge in [-0.25, -0.2) is 15.0 Å². The minimum atomic E-state index is -0.265. The maximum Gasteiger partial charge on any atom is 0.275 e. The van der Waals surface area contributed by atoms with Crippen molar-refractivity contribution in [1.29, 1.82) is 0 Å². The average Bonchev–Trinajstić information content (AvgIpc) is 2.94. The molecule has 0 aliphatic heterocycles. The summed E-state index contributed by atoms with van der Waals surface area (Å²) < 4.78 is 0.896. The first-order valence-electron chi connectivity index (χ1n) is 7.11. The lowest BCUT2D eigenvalue weighted by atomic mass is 10.3. The van der Waals surface area contributed by atoms with Crippen LogP contribution >= 0.6 is 27.3 Å². The number of amides is 1. The number of carbonyl (C=O) groups excluding carboxylic acids is 1. The molecule has 0 radical (unpaired) electrons. The third-order valence-electron chi connectivity index (χ3n) is 3.02. The van der Waals surface area contributed by atoms with E-state index in [1.165, 1.54) is 11.3 Å². The molecule has 0 atom stereocenters. The van der Waals surface area contributed by atoms with Crippen LogP contribution in [0.5, 0.6) is 0 Å². The fourth-order valence-corrected chi connectivity index (χ4v) is 3.16. The van der Waals surface area contributed by atoms with Gasteiger partial charge in [-0.05, 0) is 38.1 Å². The second-order valence-electron chi connectivity index (χ2n) is 5.10. The van der Waals surface area contributed by atoms with Crippen LogP contribution in [0.1, 0.15) is 21.9 Å². The molecule has 2 aromatic heterocycles. The first kappa shape index (κ1) is 16.5. The fourth-order valence-electron chi connectivity index (χ4n) is 2.07. The zero-order valence-corrected chi connectivity index (χ0v) is 15.4. The van der Waals surface area contributed by atoms with Crippen LogP contribution in [0.2, 0.25) is 0 Å². The lowest BCUT2D eigenvalue weighted by Crippen LogP contribution is -2.12. The van der Waals surface area contributed by atoms with Gasteiger partial charge in [-0.3, -0.25) is 4.79 Å². The van der Waals surface area contributed by atoms with E-state index in [2.05, 4.69) is 41.5 Å². The first-order valence-corrected chi connectivity index (χ1v) is 8.78. The van der Waals surface area contributed by atoms with Crippen molar-refractivity contribution < 1.29 is 4.79 Å². The van der Waals surface area contributed by atoms with Gasteiger partial charge < -0.3 is 10.6 Å². The molecule has 2 N–H and O–H groups in total. The van der Waals surface area contributed by atoms with Gasteiger partial charge in [0.25, 0.3) is 5.91 Å². The normalized spacial score (nSPS) is 10.5. The third kappa shape index (κ3) is 4.15. The molecule has 2 heterocycles. The fraction of sp³-hybridized carbons (Fsp3) is 0.125. The van der Waals surface area contributed by atoms with Gasteiger partial charge in [0.2, 0.25) is 5.95 Å².